The Balaban J connectivity index is 1.96. The Kier molecular flexibility index (Phi) is 3.41. The van der Waals surface area contributed by atoms with Gasteiger partial charge in [0.05, 0.1) is 19.3 Å². The van der Waals surface area contributed by atoms with Crippen LogP contribution in [0.15, 0.2) is 18.3 Å². The fourth-order valence-corrected chi connectivity index (χ4v) is 1.97. The Morgan fingerprint density at radius 1 is 1.60 bits per heavy atom. The summed E-state index contributed by atoms with van der Waals surface area (Å²) in [6.45, 7) is 3.69. The van der Waals surface area contributed by atoms with Crippen LogP contribution in [0.1, 0.15) is 5.69 Å². The Hall–Kier alpha value is -0.840. The Morgan fingerprint density at radius 3 is 3.20 bits per heavy atom. The molecule has 4 heteroatoms. The lowest BCUT2D eigenvalue weighted by atomic mass is 10.3. The number of hydrogen-bond acceptors (Lipinski definition) is 3. The van der Waals surface area contributed by atoms with E-state index in [0.29, 0.717) is 0 Å². The summed E-state index contributed by atoms with van der Waals surface area (Å²) in [5.74, 6) is 0. The van der Waals surface area contributed by atoms with E-state index in [2.05, 4.69) is 16.5 Å². The first-order valence-electron chi connectivity index (χ1n) is 5.34. The van der Waals surface area contributed by atoms with Crippen LogP contribution in [0.2, 0.25) is 0 Å². The lowest BCUT2D eigenvalue weighted by molar-refractivity contribution is -0.0280. The van der Waals surface area contributed by atoms with Crippen molar-refractivity contribution in [2.45, 2.75) is 19.3 Å². The number of rotatable bonds is 3. The van der Waals surface area contributed by atoms with Gasteiger partial charge in [-0.05, 0) is 19.2 Å². The van der Waals surface area contributed by atoms with Gasteiger partial charge >= 0.3 is 0 Å². The van der Waals surface area contributed by atoms with Crippen molar-refractivity contribution in [2.24, 2.45) is 0 Å². The molecular weight excluding hydrogens is 192 g/mol. The predicted octanol–water partition coefficient (Wildman–Crippen LogP) is 0.311. The zero-order chi connectivity index (χ0) is 10.7. The van der Waals surface area contributed by atoms with E-state index in [0.717, 1.165) is 31.9 Å². The molecule has 2 heterocycles. The normalized spacial score (nSPS) is 23.2. The summed E-state index contributed by atoms with van der Waals surface area (Å²) in [4.78, 5) is 2.27. The maximum atomic E-state index is 9.12. The standard InChI is InChI=1S/C11H18N2O2/c1-12-5-6-15-11(7-12)8-13-4-2-3-10(13)9-14/h2-4,11,14H,5-9H2,1H3. The quantitative estimate of drug-likeness (QED) is 0.780. The summed E-state index contributed by atoms with van der Waals surface area (Å²) in [5, 5.41) is 9.12. The van der Waals surface area contributed by atoms with Crippen LogP contribution in [0.4, 0.5) is 0 Å². The SMILES string of the molecule is CN1CCOC(Cn2cccc2CO)C1. The molecule has 0 saturated carbocycles. The van der Waals surface area contributed by atoms with Gasteiger partial charge < -0.3 is 19.3 Å². The summed E-state index contributed by atoms with van der Waals surface area (Å²) in [6, 6.07) is 3.89. The molecule has 1 saturated heterocycles. The van der Waals surface area contributed by atoms with E-state index in [-0.39, 0.29) is 12.7 Å². The molecular formula is C11H18N2O2. The van der Waals surface area contributed by atoms with Crippen molar-refractivity contribution in [3.05, 3.63) is 24.0 Å². The Morgan fingerprint density at radius 2 is 2.47 bits per heavy atom. The molecule has 84 valence electrons. The van der Waals surface area contributed by atoms with Gasteiger partial charge in [-0.2, -0.15) is 0 Å². The number of likely N-dealkylation sites (N-methyl/N-ethyl adjacent to an activating group) is 1. The van der Waals surface area contributed by atoms with Crippen LogP contribution in [0.25, 0.3) is 0 Å². The van der Waals surface area contributed by atoms with Gasteiger partial charge in [-0.25, -0.2) is 0 Å². The van der Waals surface area contributed by atoms with E-state index in [4.69, 9.17) is 9.84 Å². The van der Waals surface area contributed by atoms with E-state index < -0.39 is 0 Å². The number of hydrogen-bond donors (Lipinski definition) is 1. The third-order valence-corrected chi connectivity index (χ3v) is 2.83. The van der Waals surface area contributed by atoms with Crippen LogP contribution in [0.5, 0.6) is 0 Å². The van der Waals surface area contributed by atoms with Crippen molar-refractivity contribution in [2.75, 3.05) is 26.7 Å². The van der Waals surface area contributed by atoms with Gasteiger partial charge in [0.2, 0.25) is 0 Å². The number of ether oxygens (including phenoxy) is 1. The van der Waals surface area contributed by atoms with Gasteiger partial charge in [-0.1, -0.05) is 0 Å². The van der Waals surface area contributed by atoms with Crippen molar-refractivity contribution in [1.82, 2.24) is 9.47 Å². The van der Waals surface area contributed by atoms with Crippen LogP contribution in [0, 0.1) is 0 Å². The van der Waals surface area contributed by atoms with Crippen LogP contribution in [-0.2, 0) is 17.9 Å². The predicted molar refractivity (Wildman–Crippen MR) is 57.6 cm³/mol. The molecule has 1 aliphatic heterocycles. The summed E-state index contributed by atoms with van der Waals surface area (Å²) in [6.07, 6.45) is 2.23. The molecule has 1 aromatic rings. The maximum Gasteiger partial charge on any atom is 0.0880 e. The van der Waals surface area contributed by atoms with E-state index in [1.54, 1.807) is 0 Å². The fourth-order valence-electron chi connectivity index (χ4n) is 1.97. The zero-order valence-corrected chi connectivity index (χ0v) is 9.09. The Bertz CT molecular complexity index is 311. The number of aliphatic hydroxyl groups is 1. The first-order chi connectivity index (χ1) is 7.29. The van der Waals surface area contributed by atoms with Crippen LogP contribution < -0.4 is 0 Å². The number of aromatic nitrogens is 1. The average Bonchev–Trinajstić information content (AvgIpc) is 2.65. The second-order valence-electron chi connectivity index (χ2n) is 4.07. The van der Waals surface area contributed by atoms with E-state index in [1.165, 1.54) is 0 Å². The maximum absolute atomic E-state index is 9.12. The monoisotopic (exact) mass is 210 g/mol. The molecule has 0 aliphatic carbocycles. The summed E-state index contributed by atoms with van der Waals surface area (Å²) in [7, 11) is 2.11. The van der Waals surface area contributed by atoms with Gasteiger partial charge in [0, 0.05) is 31.5 Å². The molecule has 1 fully saturated rings. The van der Waals surface area contributed by atoms with E-state index >= 15 is 0 Å². The molecule has 15 heavy (non-hydrogen) atoms. The number of aliphatic hydroxyl groups excluding tert-OH is 1. The number of morpholine rings is 1. The van der Waals surface area contributed by atoms with E-state index in [9.17, 15) is 0 Å². The Labute approximate surface area is 90.1 Å². The minimum absolute atomic E-state index is 0.0928. The van der Waals surface area contributed by atoms with Crippen molar-refractivity contribution in [1.29, 1.82) is 0 Å². The minimum atomic E-state index is 0.0928. The molecule has 0 amide bonds. The lowest BCUT2D eigenvalue weighted by Gasteiger charge is -2.30. The second-order valence-corrected chi connectivity index (χ2v) is 4.07. The first-order valence-corrected chi connectivity index (χ1v) is 5.34. The van der Waals surface area contributed by atoms with Crippen molar-refractivity contribution < 1.29 is 9.84 Å². The molecule has 1 atom stereocenters. The van der Waals surface area contributed by atoms with Gasteiger partial charge in [0.15, 0.2) is 0 Å². The topological polar surface area (TPSA) is 37.6 Å². The van der Waals surface area contributed by atoms with Crippen molar-refractivity contribution in [3.63, 3.8) is 0 Å². The summed E-state index contributed by atoms with van der Waals surface area (Å²) >= 11 is 0. The van der Waals surface area contributed by atoms with Gasteiger partial charge in [-0.3, -0.25) is 0 Å². The summed E-state index contributed by atoms with van der Waals surface area (Å²) in [5.41, 5.74) is 0.951. The molecule has 1 aromatic heterocycles. The second kappa shape index (κ2) is 4.79. The van der Waals surface area contributed by atoms with Gasteiger partial charge in [0.25, 0.3) is 0 Å². The van der Waals surface area contributed by atoms with Gasteiger partial charge in [0.1, 0.15) is 0 Å². The molecule has 4 nitrogen and oxygen atoms in total. The molecule has 1 N–H and O–H groups in total. The number of nitrogens with zero attached hydrogens (tertiary/aromatic N) is 2. The molecule has 0 radical (unpaired) electrons. The van der Waals surface area contributed by atoms with Crippen molar-refractivity contribution in [3.8, 4) is 0 Å². The third kappa shape index (κ3) is 2.59. The van der Waals surface area contributed by atoms with Crippen LogP contribution in [0.3, 0.4) is 0 Å². The molecule has 0 spiro atoms. The zero-order valence-electron chi connectivity index (χ0n) is 9.09. The molecule has 2 rings (SSSR count). The molecule has 1 unspecified atom stereocenters. The van der Waals surface area contributed by atoms with Crippen LogP contribution in [-0.4, -0.2) is 47.4 Å². The molecule has 0 bridgehead atoms. The van der Waals surface area contributed by atoms with Crippen LogP contribution >= 0.6 is 0 Å². The van der Waals surface area contributed by atoms with Gasteiger partial charge in [-0.15, -0.1) is 0 Å². The first kappa shape index (κ1) is 10.7. The lowest BCUT2D eigenvalue weighted by Crippen LogP contribution is -2.42. The smallest absolute Gasteiger partial charge is 0.0880 e. The third-order valence-electron chi connectivity index (χ3n) is 2.83. The van der Waals surface area contributed by atoms with Crippen molar-refractivity contribution >= 4 is 0 Å². The molecule has 1 aliphatic rings. The highest BCUT2D eigenvalue weighted by atomic mass is 16.5. The fraction of sp³-hybridized carbons (Fsp3) is 0.636. The van der Waals surface area contributed by atoms with E-state index in [1.807, 2.05) is 18.3 Å². The molecule has 0 aromatic carbocycles. The summed E-state index contributed by atoms with van der Waals surface area (Å²) < 4.78 is 7.74. The highest BCUT2D eigenvalue weighted by Gasteiger charge is 2.18. The largest absolute Gasteiger partial charge is 0.390 e. The minimum Gasteiger partial charge on any atom is -0.390 e. The highest BCUT2D eigenvalue weighted by molar-refractivity contribution is 5.06. The average molecular weight is 210 g/mol. The highest BCUT2D eigenvalue weighted by Crippen LogP contribution is 2.09.